The number of benzene rings is 1. The number of hydrogen-bond donors (Lipinski definition) is 4. The fraction of sp³-hybridized carbons (Fsp3) is 0.605. The summed E-state index contributed by atoms with van der Waals surface area (Å²) in [7, 11) is -2.31. The predicted octanol–water partition coefficient (Wildman–Crippen LogP) is 2.69. The van der Waals surface area contributed by atoms with Gasteiger partial charge in [-0.25, -0.2) is 13.2 Å². The number of piperidine rings is 1. The van der Waals surface area contributed by atoms with Crippen LogP contribution in [0.2, 0.25) is 0 Å². The first-order chi connectivity index (χ1) is 24.8. The van der Waals surface area contributed by atoms with Gasteiger partial charge < -0.3 is 26.6 Å². The van der Waals surface area contributed by atoms with Crippen LogP contribution in [0.4, 0.5) is 4.79 Å². The van der Waals surface area contributed by atoms with Gasteiger partial charge in [0.1, 0.15) is 16.3 Å². The molecule has 4 aliphatic rings. The van der Waals surface area contributed by atoms with Gasteiger partial charge in [-0.3, -0.25) is 19.2 Å². The molecule has 0 bridgehead atoms. The molecule has 1 aromatic carbocycles. The highest BCUT2D eigenvalue weighted by Crippen LogP contribution is 2.65. The highest BCUT2D eigenvalue weighted by Gasteiger charge is 2.70. The Morgan fingerprint density at radius 1 is 1.00 bits per heavy atom. The first-order valence-electron chi connectivity index (χ1n) is 18.4. The molecular formula is C38H52N6O7S2. The largest absolute Gasteiger partial charge is 0.363 e. The van der Waals surface area contributed by atoms with Gasteiger partial charge in [0.25, 0.3) is 15.9 Å². The highest BCUT2D eigenvalue weighted by molar-refractivity contribution is 7.91. The van der Waals surface area contributed by atoms with Crippen molar-refractivity contribution in [1.29, 1.82) is 0 Å². The van der Waals surface area contributed by atoms with Crippen molar-refractivity contribution >= 4 is 50.9 Å². The lowest BCUT2D eigenvalue weighted by atomic mass is 9.86. The molecule has 1 aliphatic heterocycles. The Labute approximate surface area is 315 Å². The van der Waals surface area contributed by atoms with Crippen molar-refractivity contribution in [2.45, 2.75) is 95.1 Å². The van der Waals surface area contributed by atoms with E-state index in [1.54, 1.807) is 22.4 Å². The van der Waals surface area contributed by atoms with Crippen LogP contribution < -0.4 is 21.7 Å². The second kappa shape index (κ2) is 14.4. The minimum absolute atomic E-state index is 0.0104. The lowest BCUT2D eigenvalue weighted by molar-refractivity contribution is -0.144. The van der Waals surface area contributed by atoms with Crippen LogP contribution >= 0.6 is 11.3 Å². The molecule has 1 aromatic heterocycles. The molecule has 15 heteroatoms. The molecule has 5 N–H and O–H groups in total. The molecule has 288 valence electrons. The van der Waals surface area contributed by atoms with E-state index < -0.39 is 69.1 Å². The lowest BCUT2D eigenvalue weighted by Crippen LogP contribution is -2.61. The van der Waals surface area contributed by atoms with E-state index >= 15 is 0 Å². The number of rotatable bonds is 14. The fourth-order valence-electron chi connectivity index (χ4n) is 8.35. The Morgan fingerprint density at radius 3 is 2.19 bits per heavy atom. The maximum absolute atomic E-state index is 14.8. The van der Waals surface area contributed by atoms with E-state index in [0.717, 1.165) is 35.3 Å². The van der Waals surface area contributed by atoms with E-state index in [0.29, 0.717) is 25.8 Å². The van der Waals surface area contributed by atoms with E-state index in [9.17, 15) is 32.4 Å². The van der Waals surface area contributed by atoms with Crippen molar-refractivity contribution in [2.75, 3.05) is 20.1 Å². The minimum Gasteiger partial charge on any atom is -0.363 e. The maximum Gasteiger partial charge on any atom is 0.315 e. The lowest BCUT2D eigenvalue weighted by Gasteiger charge is -2.37. The van der Waals surface area contributed by atoms with Crippen LogP contribution in [0.5, 0.6) is 0 Å². The number of thiophene rings is 1. The van der Waals surface area contributed by atoms with Gasteiger partial charge in [-0.15, -0.1) is 11.3 Å². The van der Waals surface area contributed by atoms with E-state index in [1.807, 2.05) is 45.0 Å². The molecule has 6 rings (SSSR count). The molecule has 0 radical (unpaired) electrons. The molecular weight excluding hydrogens is 717 g/mol. The number of nitrogens with two attached hydrogens (primary N) is 1. The number of Topliss-reactive ketones (excluding diaryl/α,β-unsaturated/α-hetero) is 1. The zero-order chi connectivity index (χ0) is 38.6. The zero-order valence-corrected chi connectivity index (χ0v) is 32.9. The summed E-state index contributed by atoms with van der Waals surface area (Å²) in [6, 6.07) is 6.87. The summed E-state index contributed by atoms with van der Waals surface area (Å²) in [5.41, 5.74) is 6.73. The van der Waals surface area contributed by atoms with E-state index in [4.69, 9.17) is 5.73 Å². The van der Waals surface area contributed by atoms with Crippen LogP contribution in [-0.2, 0) is 42.0 Å². The number of carbonyl (C=O) groups is 5. The monoisotopic (exact) mass is 768 g/mol. The number of nitrogens with zero attached hydrogens (tertiary/aromatic N) is 2. The van der Waals surface area contributed by atoms with Gasteiger partial charge >= 0.3 is 6.03 Å². The number of hydrogen-bond acceptors (Lipinski definition) is 8. The number of urea groups is 1. The summed E-state index contributed by atoms with van der Waals surface area (Å²) in [4.78, 5) is 69.2. The van der Waals surface area contributed by atoms with E-state index in [2.05, 4.69) is 29.8 Å². The van der Waals surface area contributed by atoms with Gasteiger partial charge in [0.2, 0.25) is 17.6 Å². The Hall–Kier alpha value is -3.82. The topological polar surface area (TPSA) is 188 Å². The number of nitrogens with one attached hydrogen (secondary N) is 3. The molecule has 3 aliphatic carbocycles. The summed E-state index contributed by atoms with van der Waals surface area (Å²) < 4.78 is 28.0. The summed E-state index contributed by atoms with van der Waals surface area (Å²) in [6.07, 6.45) is 3.20. The molecule has 2 saturated carbocycles. The standard InChI is InChI=1S/C38H52N6O7S2/c1-37(2,3)27(20-43(6)53(50,51)28-12-9-15-52-28)41-36(49)42-30(24-17-22-10-7-8-11-23(22)18-24)35(48)44-19-25-29(38(25,4)5)31(44)34(47)40-26(16-21-13-14-21)32(45)33(39)46/h7-12,15,21,24-27,29-31H,13-14,16-20H2,1-6H3,(H2,39,46)(H,40,47)(H2,41,42,49)/t25-,26?,27+,29-,30-,31-/m0/s1. The molecule has 5 amide bonds. The number of carbonyl (C=O) groups excluding carboxylic acids is 5. The Morgan fingerprint density at radius 2 is 1.64 bits per heavy atom. The Bertz CT molecular complexity index is 1850. The average Bonchev–Trinajstić information content (AvgIpc) is 3.65. The van der Waals surface area contributed by atoms with Crippen molar-refractivity contribution in [1.82, 2.24) is 25.2 Å². The number of ketones is 1. The molecule has 2 aromatic rings. The van der Waals surface area contributed by atoms with Crippen LogP contribution in [0.1, 0.15) is 65.0 Å². The molecule has 2 heterocycles. The van der Waals surface area contributed by atoms with Crippen molar-refractivity contribution in [3.05, 3.63) is 52.9 Å². The first-order valence-corrected chi connectivity index (χ1v) is 20.7. The van der Waals surface area contributed by atoms with E-state index in [1.165, 1.54) is 11.4 Å². The van der Waals surface area contributed by atoms with Crippen LogP contribution in [0, 0.1) is 34.5 Å². The Kier molecular flexibility index (Phi) is 10.6. The van der Waals surface area contributed by atoms with Crippen LogP contribution in [-0.4, -0.2) is 91.5 Å². The Balaban J connectivity index is 1.24. The fourth-order valence-corrected chi connectivity index (χ4v) is 10.7. The third-order valence-electron chi connectivity index (χ3n) is 12.0. The molecule has 1 saturated heterocycles. The number of likely N-dealkylation sites (N-methyl/N-ethyl adjacent to an activating group) is 1. The van der Waals surface area contributed by atoms with Gasteiger partial charge in [0, 0.05) is 26.2 Å². The summed E-state index contributed by atoms with van der Waals surface area (Å²) >= 11 is 1.12. The molecule has 6 atom stereocenters. The number of primary amides is 1. The van der Waals surface area contributed by atoms with Gasteiger partial charge in [0.05, 0.1) is 6.04 Å². The van der Waals surface area contributed by atoms with Gasteiger partial charge in [-0.1, -0.05) is 77.8 Å². The highest BCUT2D eigenvalue weighted by atomic mass is 32.2. The van der Waals surface area contributed by atoms with Crippen LogP contribution in [0.25, 0.3) is 0 Å². The molecule has 53 heavy (non-hydrogen) atoms. The quantitative estimate of drug-likeness (QED) is 0.213. The van der Waals surface area contributed by atoms with Gasteiger partial charge in [-0.2, -0.15) is 4.31 Å². The van der Waals surface area contributed by atoms with Gasteiger partial charge in [-0.05, 0) is 76.3 Å². The molecule has 0 spiro atoms. The van der Waals surface area contributed by atoms with Crippen molar-refractivity contribution in [3.8, 4) is 0 Å². The summed E-state index contributed by atoms with van der Waals surface area (Å²) in [6.45, 7) is 10.1. The molecule has 13 nitrogen and oxygen atoms in total. The molecule has 3 fully saturated rings. The second-order valence-electron chi connectivity index (χ2n) is 17.0. The number of sulfonamides is 1. The number of amides is 5. The van der Waals surface area contributed by atoms with Crippen LogP contribution in [0.15, 0.2) is 46.0 Å². The van der Waals surface area contributed by atoms with Crippen LogP contribution in [0.3, 0.4) is 0 Å². The number of likely N-dealkylation sites (tertiary alicyclic amines) is 1. The SMILES string of the molecule is CN(C[C@@H](NC(=O)N[C@H](C(=O)N1C[C@H]2[C@@H]([C@H]1C(=O)NC(CC1CC1)C(=O)C(N)=O)C2(C)C)C1Cc2ccccc2C1)C(C)(C)C)S(=O)(=O)c1cccs1. The van der Waals surface area contributed by atoms with Crippen molar-refractivity contribution < 1.29 is 32.4 Å². The molecule has 1 unspecified atom stereocenters. The first kappa shape index (κ1) is 38.9. The van der Waals surface area contributed by atoms with Crippen molar-refractivity contribution in [2.24, 2.45) is 40.2 Å². The second-order valence-corrected chi connectivity index (χ2v) is 20.2. The summed E-state index contributed by atoms with van der Waals surface area (Å²) in [5, 5.41) is 10.5. The average molecular weight is 769 g/mol. The van der Waals surface area contributed by atoms with Crippen molar-refractivity contribution in [3.63, 3.8) is 0 Å². The third kappa shape index (κ3) is 8.02. The third-order valence-corrected chi connectivity index (χ3v) is 15.2. The zero-order valence-electron chi connectivity index (χ0n) is 31.3. The number of fused-ring (bicyclic) bond motifs is 2. The summed E-state index contributed by atoms with van der Waals surface area (Å²) in [5.74, 6) is -3.08. The predicted molar refractivity (Wildman–Crippen MR) is 200 cm³/mol. The maximum atomic E-state index is 14.8. The minimum atomic E-state index is -3.79. The normalized spacial score (nSPS) is 23.8. The smallest absolute Gasteiger partial charge is 0.315 e. The van der Waals surface area contributed by atoms with E-state index in [-0.39, 0.29) is 39.8 Å². The van der Waals surface area contributed by atoms with Gasteiger partial charge in [0.15, 0.2) is 0 Å².